The van der Waals surface area contributed by atoms with Crippen LogP contribution in [-0.4, -0.2) is 75.0 Å². The molecular formula is C29H40N6O4. The topological polar surface area (TPSA) is 137 Å². The highest BCUT2D eigenvalue weighted by molar-refractivity contribution is 6.05. The van der Waals surface area contributed by atoms with E-state index in [0.29, 0.717) is 36.1 Å². The van der Waals surface area contributed by atoms with Gasteiger partial charge in [0, 0.05) is 30.6 Å². The standard InChI is InChI=1S/C29H40N6O4/c1-18(36)17-31-14-11-21(30)22-16-25(38-19(2)23-9-7-15-35(23)3)33-28(32-22)26-20-8-6-13-29(27(20)34-39-26)12-5-4-10-24(29)37/h11,14,16,18-19,23,30-31,36H,4-10,12-13,15,17H2,1-3H3/b14-11-,30-21?/t18-,19+,23+,29-/m1/s1. The fourth-order valence-corrected chi connectivity index (χ4v) is 6.37. The van der Waals surface area contributed by atoms with Crippen LogP contribution in [0.5, 0.6) is 5.88 Å². The minimum atomic E-state index is -0.558. The summed E-state index contributed by atoms with van der Waals surface area (Å²) < 4.78 is 12.2. The minimum Gasteiger partial charge on any atom is -0.473 e. The van der Waals surface area contributed by atoms with Gasteiger partial charge in [-0.3, -0.25) is 15.1 Å². The molecule has 2 aromatic rings. The Labute approximate surface area is 229 Å². The average molecular weight is 537 g/mol. The molecule has 1 saturated heterocycles. The summed E-state index contributed by atoms with van der Waals surface area (Å²) in [5, 5.41) is 25.6. The molecule has 1 spiro atoms. The van der Waals surface area contributed by atoms with Crippen LogP contribution < -0.4 is 10.1 Å². The second-order valence-corrected chi connectivity index (χ2v) is 11.3. The summed E-state index contributed by atoms with van der Waals surface area (Å²) in [4.78, 5) is 24.9. The number of carbonyl (C=O) groups is 1. The molecule has 2 aliphatic carbocycles. The Morgan fingerprint density at radius 2 is 2.10 bits per heavy atom. The number of ketones is 1. The molecule has 1 saturated carbocycles. The molecule has 0 aromatic carbocycles. The van der Waals surface area contributed by atoms with Gasteiger partial charge in [0.1, 0.15) is 17.6 Å². The van der Waals surface area contributed by atoms with Gasteiger partial charge < -0.3 is 19.7 Å². The van der Waals surface area contributed by atoms with Crippen LogP contribution in [0.2, 0.25) is 0 Å². The number of carbonyl (C=O) groups excluding carboxylic acids is 1. The molecule has 2 aromatic heterocycles. The van der Waals surface area contributed by atoms with E-state index in [2.05, 4.69) is 22.4 Å². The molecule has 3 aliphatic rings. The van der Waals surface area contributed by atoms with E-state index >= 15 is 0 Å². The summed E-state index contributed by atoms with van der Waals surface area (Å²) in [6.07, 6.45) is 10.6. The molecule has 210 valence electrons. The van der Waals surface area contributed by atoms with Gasteiger partial charge in [-0.25, -0.2) is 4.98 Å². The molecule has 3 N–H and O–H groups in total. The lowest BCUT2D eigenvalue weighted by Crippen LogP contribution is -2.41. The van der Waals surface area contributed by atoms with Crippen LogP contribution in [0, 0.1) is 5.41 Å². The number of likely N-dealkylation sites (tertiary alicyclic amines) is 1. The maximum atomic E-state index is 13.1. The number of nitrogens with zero attached hydrogens (tertiary/aromatic N) is 4. The SMILES string of the molecule is C[C@H](Oc1cc(C(=N)/C=C\NC[C@@H](C)O)nc(-c2onc3c2CCC[C@@]32CCCCC2=O)n1)[C@@H]1CCCN1C. The minimum absolute atomic E-state index is 0.0997. The second kappa shape index (κ2) is 11.6. The van der Waals surface area contributed by atoms with Gasteiger partial charge in [0.05, 0.1) is 22.9 Å². The lowest BCUT2D eigenvalue weighted by atomic mass is 9.64. The van der Waals surface area contributed by atoms with Crippen molar-refractivity contribution in [1.82, 2.24) is 25.3 Å². The van der Waals surface area contributed by atoms with Crippen LogP contribution in [0.15, 0.2) is 22.9 Å². The van der Waals surface area contributed by atoms with E-state index in [1.807, 2.05) is 6.92 Å². The number of ether oxygens (including phenoxy) is 1. The average Bonchev–Trinajstić information content (AvgIpc) is 3.55. The molecule has 4 atom stereocenters. The zero-order chi connectivity index (χ0) is 27.6. The van der Waals surface area contributed by atoms with Crippen LogP contribution in [0.3, 0.4) is 0 Å². The third-order valence-corrected chi connectivity index (χ3v) is 8.45. The summed E-state index contributed by atoms with van der Waals surface area (Å²) in [6, 6.07) is 1.97. The summed E-state index contributed by atoms with van der Waals surface area (Å²) >= 11 is 0. The highest BCUT2D eigenvalue weighted by atomic mass is 16.5. The highest BCUT2D eigenvalue weighted by Crippen LogP contribution is 2.47. The molecule has 10 heteroatoms. The fraction of sp³-hybridized carbons (Fsp3) is 0.621. The number of nitrogens with one attached hydrogen (secondary N) is 2. The Bertz CT molecular complexity index is 1240. The number of fused-ring (bicyclic) bond motifs is 2. The zero-order valence-electron chi connectivity index (χ0n) is 23.2. The Kier molecular flexibility index (Phi) is 8.13. The molecule has 39 heavy (non-hydrogen) atoms. The lowest BCUT2D eigenvalue weighted by molar-refractivity contribution is -0.127. The number of aromatic nitrogens is 3. The number of hydrogen-bond donors (Lipinski definition) is 3. The molecular weight excluding hydrogens is 496 g/mol. The van der Waals surface area contributed by atoms with Crippen molar-refractivity contribution in [1.29, 1.82) is 5.41 Å². The Hall–Kier alpha value is -3.11. The van der Waals surface area contributed by atoms with Gasteiger partial charge in [0.25, 0.3) is 0 Å². The fourth-order valence-electron chi connectivity index (χ4n) is 6.37. The number of likely N-dealkylation sites (N-methyl/N-ethyl adjacent to an activating group) is 1. The van der Waals surface area contributed by atoms with E-state index in [4.69, 9.17) is 24.6 Å². The first kappa shape index (κ1) is 27.5. The predicted octanol–water partition coefficient (Wildman–Crippen LogP) is 3.56. The zero-order valence-corrected chi connectivity index (χ0v) is 23.2. The van der Waals surface area contributed by atoms with Gasteiger partial charge in [-0.15, -0.1) is 0 Å². The van der Waals surface area contributed by atoms with Crippen molar-refractivity contribution in [3.63, 3.8) is 0 Å². The van der Waals surface area contributed by atoms with Gasteiger partial charge in [-0.05, 0) is 84.7 Å². The van der Waals surface area contributed by atoms with Gasteiger partial charge in [0.2, 0.25) is 17.5 Å². The molecule has 10 nitrogen and oxygen atoms in total. The maximum Gasteiger partial charge on any atom is 0.217 e. The number of aliphatic hydroxyl groups is 1. The number of rotatable bonds is 9. The van der Waals surface area contributed by atoms with Crippen LogP contribution in [0.1, 0.15) is 82.2 Å². The third-order valence-electron chi connectivity index (χ3n) is 8.45. The number of hydrogen-bond acceptors (Lipinski definition) is 10. The quantitative estimate of drug-likeness (QED) is 0.411. The van der Waals surface area contributed by atoms with Crippen LogP contribution in [0.4, 0.5) is 0 Å². The molecule has 0 bridgehead atoms. The summed E-state index contributed by atoms with van der Waals surface area (Å²) in [5.74, 6) is 1.42. The molecule has 5 rings (SSSR count). The number of Topliss-reactive ketones (excluding diaryl/α,β-unsaturated/α-hetero) is 1. The summed E-state index contributed by atoms with van der Waals surface area (Å²) in [7, 11) is 2.11. The van der Waals surface area contributed by atoms with E-state index in [9.17, 15) is 9.90 Å². The van der Waals surface area contributed by atoms with Crippen LogP contribution in [-0.2, 0) is 16.6 Å². The molecule has 0 unspecified atom stereocenters. The Morgan fingerprint density at radius 1 is 1.28 bits per heavy atom. The van der Waals surface area contributed by atoms with E-state index in [-0.39, 0.29) is 23.6 Å². The molecule has 2 fully saturated rings. The van der Waals surface area contributed by atoms with Crippen molar-refractivity contribution in [2.75, 3.05) is 20.1 Å². The van der Waals surface area contributed by atoms with E-state index in [0.717, 1.165) is 69.2 Å². The van der Waals surface area contributed by atoms with E-state index in [1.54, 1.807) is 25.3 Å². The first-order valence-corrected chi connectivity index (χ1v) is 14.2. The van der Waals surface area contributed by atoms with Crippen molar-refractivity contribution in [2.24, 2.45) is 0 Å². The molecule has 1 aliphatic heterocycles. The summed E-state index contributed by atoms with van der Waals surface area (Å²) in [5.41, 5.74) is 1.66. The Morgan fingerprint density at radius 3 is 2.85 bits per heavy atom. The van der Waals surface area contributed by atoms with Crippen LogP contribution in [0.25, 0.3) is 11.6 Å². The first-order chi connectivity index (χ1) is 18.8. The van der Waals surface area contributed by atoms with E-state index < -0.39 is 11.5 Å². The number of aliphatic hydroxyl groups excluding tert-OH is 1. The molecule has 3 heterocycles. The first-order valence-electron chi connectivity index (χ1n) is 14.2. The highest BCUT2D eigenvalue weighted by Gasteiger charge is 2.48. The molecule has 0 amide bonds. The Balaban J connectivity index is 1.49. The van der Waals surface area contributed by atoms with Gasteiger partial charge in [-0.2, -0.15) is 4.98 Å². The lowest BCUT2D eigenvalue weighted by Gasteiger charge is -2.37. The second-order valence-electron chi connectivity index (χ2n) is 11.3. The van der Waals surface area contributed by atoms with Crippen molar-refractivity contribution in [2.45, 2.75) is 95.3 Å². The number of allylic oxidation sites excluding steroid dienone is 1. The predicted molar refractivity (Wildman–Crippen MR) is 147 cm³/mol. The van der Waals surface area contributed by atoms with Crippen molar-refractivity contribution in [3.8, 4) is 17.5 Å². The van der Waals surface area contributed by atoms with Gasteiger partial charge >= 0.3 is 0 Å². The third kappa shape index (κ3) is 5.63. The molecule has 0 radical (unpaired) electrons. The van der Waals surface area contributed by atoms with Crippen molar-refractivity contribution < 1.29 is 19.2 Å². The largest absolute Gasteiger partial charge is 0.473 e. The smallest absolute Gasteiger partial charge is 0.217 e. The monoisotopic (exact) mass is 536 g/mol. The van der Waals surface area contributed by atoms with E-state index in [1.165, 1.54) is 0 Å². The normalized spacial score (nSPS) is 25.1. The van der Waals surface area contributed by atoms with Crippen molar-refractivity contribution in [3.05, 3.63) is 35.3 Å². The van der Waals surface area contributed by atoms with Crippen LogP contribution >= 0.6 is 0 Å². The maximum absolute atomic E-state index is 13.1. The summed E-state index contributed by atoms with van der Waals surface area (Å²) in [6.45, 7) is 5.16. The van der Waals surface area contributed by atoms with Gasteiger partial charge in [-0.1, -0.05) is 11.6 Å². The van der Waals surface area contributed by atoms with Crippen molar-refractivity contribution >= 4 is 11.5 Å². The van der Waals surface area contributed by atoms with Gasteiger partial charge in [0.15, 0.2) is 0 Å².